The van der Waals surface area contributed by atoms with Crippen LogP contribution in [0.3, 0.4) is 0 Å². The van der Waals surface area contributed by atoms with Crippen LogP contribution in [0, 0.1) is 0 Å². The molecule has 1 aromatic rings. The van der Waals surface area contributed by atoms with Gasteiger partial charge in [0.25, 0.3) is 0 Å². The number of rotatable bonds is 6. The van der Waals surface area contributed by atoms with E-state index in [-0.39, 0.29) is 5.78 Å². The molecule has 0 fully saturated rings. The van der Waals surface area contributed by atoms with Crippen molar-refractivity contribution in [2.24, 2.45) is 5.73 Å². The zero-order chi connectivity index (χ0) is 12.0. The first-order valence-electron chi connectivity index (χ1n) is 5.21. The molecule has 4 heteroatoms. The van der Waals surface area contributed by atoms with Crippen LogP contribution < -0.4 is 10.5 Å². The zero-order valence-electron chi connectivity index (χ0n) is 9.33. The average Bonchev–Trinajstić information content (AvgIpc) is 2.27. The Balaban J connectivity index is 2.71. The van der Waals surface area contributed by atoms with Crippen LogP contribution in [0.5, 0.6) is 5.75 Å². The van der Waals surface area contributed by atoms with Gasteiger partial charge in [0.2, 0.25) is 0 Å². The van der Waals surface area contributed by atoms with Crippen LogP contribution >= 0.6 is 15.9 Å². The number of nitrogens with two attached hydrogens (primary N) is 1. The van der Waals surface area contributed by atoms with Crippen LogP contribution in [-0.4, -0.2) is 19.4 Å². The molecular formula is C12H16BrNO2. The summed E-state index contributed by atoms with van der Waals surface area (Å²) in [4.78, 5) is 11.6. The summed E-state index contributed by atoms with van der Waals surface area (Å²) in [6.45, 7) is 0.557. The number of benzene rings is 1. The van der Waals surface area contributed by atoms with Crippen molar-refractivity contribution in [3.8, 4) is 5.75 Å². The Morgan fingerprint density at radius 3 is 2.88 bits per heavy atom. The molecule has 3 nitrogen and oxygen atoms in total. The molecule has 1 aromatic carbocycles. The zero-order valence-corrected chi connectivity index (χ0v) is 10.9. The highest BCUT2D eigenvalue weighted by Crippen LogP contribution is 2.23. The Labute approximate surface area is 104 Å². The number of ketones is 1. The number of carbonyl (C=O) groups excluding carboxylic acids is 1. The molecule has 0 radical (unpaired) electrons. The Kier molecular flexibility index (Phi) is 5.49. The van der Waals surface area contributed by atoms with Crippen LogP contribution in [0.25, 0.3) is 0 Å². The molecule has 0 heterocycles. The van der Waals surface area contributed by atoms with Crippen LogP contribution in [-0.2, 0) is 11.2 Å². The number of methoxy groups -OCH3 is 1. The van der Waals surface area contributed by atoms with Gasteiger partial charge in [0.05, 0.1) is 7.11 Å². The number of hydrogen-bond donors (Lipinski definition) is 1. The van der Waals surface area contributed by atoms with Crippen molar-refractivity contribution in [2.75, 3.05) is 13.7 Å². The summed E-state index contributed by atoms with van der Waals surface area (Å²) in [5, 5.41) is 0. The minimum absolute atomic E-state index is 0.196. The number of hydrogen-bond acceptors (Lipinski definition) is 3. The van der Waals surface area contributed by atoms with Gasteiger partial charge in [-0.05, 0) is 31.2 Å². The summed E-state index contributed by atoms with van der Waals surface area (Å²) >= 11 is 3.38. The number of Topliss-reactive ketones (excluding diaryl/α,β-unsaturated/α-hetero) is 1. The molecule has 0 saturated carbocycles. The molecule has 0 aliphatic heterocycles. The summed E-state index contributed by atoms with van der Waals surface area (Å²) in [7, 11) is 1.61. The molecule has 0 bridgehead atoms. The summed E-state index contributed by atoms with van der Waals surface area (Å²) in [5.74, 6) is 0.950. The van der Waals surface area contributed by atoms with Gasteiger partial charge in [-0.15, -0.1) is 0 Å². The van der Waals surface area contributed by atoms with Gasteiger partial charge in [0, 0.05) is 22.9 Å². The molecule has 88 valence electrons. The van der Waals surface area contributed by atoms with E-state index in [9.17, 15) is 4.79 Å². The van der Waals surface area contributed by atoms with Gasteiger partial charge in [0.1, 0.15) is 11.5 Å². The topological polar surface area (TPSA) is 52.3 Å². The minimum atomic E-state index is 0.196. The van der Waals surface area contributed by atoms with Gasteiger partial charge < -0.3 is 10.5 Å². The van der Waals surface area contributed by atoms with E-state index in [2.05, 4.69) is 15.9 Å². The highest BCUT2D eigenvalue weighted by Gasteiger charge is 2.08. The minimum Gasteiger partial charge on any atom is -0.496 e. The summed E-state index contributed by atoms with van der Waals surface area (Å²) in [5.41, 5.74) is 6.28. The lowest BCUT2D eigenvalue weighted by Gasteiger charge is -2.08. The SMILES string of the molecule is COc1ccc(Br)cc1CC(=O)CCCN. The average molecular weight is 286 g/mol. The molecule has 2 N–H and O–H groups in total. The van der Waals surface area contributed by atoms with E-state index >= 15 is 0 Å². The van der Waals surface area contributed by atoms with Crippen molar-refractivity contribution in [2.45, 2.75) is 19.3 Å². The van der Waals surface area contributed by atoms with Gasteiger partial charge in [-0.3, -0.25) is 4.79 Å². The highest BCUT2D eigenvalue weighted by atomic mass is 79.9. The van der Waals surface area contributed by atoms with Gasteiger partial charge in [-0.2, -0.15) is 0 Å². The van der Waals surface area contributed by atoms with Crippen LogP contribution in [0.1, 0.15) is 18.4 Å². The standard InChI is InChI=1S/C12H16BrNO2/c1-16-12-5-4-10(13)7-9(12)8-11(15)3-2-6-14/h4-5,7H,2-3,6,8,14H2,1H3. The lowest BCUT2D eigenvalue weighted by Crippen LogP contribution is -2.07. The van der Waals surface area contributed by atoms with E-state index in [1.165, 1.54) is 0 Å². The Hall–Kier alpha value is -0.870. The maximum atomic E-state index is 11.6. The third-order valence-corrected chi connectivity index (χ3v) is 2.78. The van der Waals surface area contributed by atoms with E-state index in [0.717, 1.165) is 22.2 Å². The molecule has 0 atom stereocenters. The predicted molar refractivity (Wildman–Crippen MR) is 67.7 cm³/mol. The molecule has 0 aromatic heterocycles. The maximum Gasteiger partial charge on any atom is 0.137 e. The van der Waals surface area contributed by atoms with Crippen molar-refractivity contribution < 1.29 is 9.53 Å². The first-order valence-corrected chi connectivity index (χ1v) is 6.01. The molecular weight excluding hydrogens is 270 g/mol. The third kappa shape index (κ3) is 3.94. The molecule has 0 unspecified atom stereocenters. The van der Waals surface area contributed by atoms with E-state index < -0.39 is 0 Å². The fourth-order valence-electron chi connectivity index (χ4n) is 1.49. The largest absolute Gasteiger partial charge is 0.496 e. The van der Waals surface area contributed by atoms with Gasteiger partial charge in [0.15, 0.2) is 0 Å². The van der Waals surface area contributed by atoms with E-state index in [0.29, 0.717) is 19.4 Å². The Bertz CT molecular complexity index is 366. The fraction of sp³-hybridized carbons (Fsp3) is 0.417. The van der Waals surface area contributed by atoms with Crippen molar-refractivity contribution >= 4 is 21.7 Å². The summed E-state index contributed by atoms with van der Waals surface area (Å²) < 4.78 is 6.16. The van der Waals surface area contributed by atoms with Crippen molar-refractivity contribution in [1.82, 2.24) is 0 Å². The van der Waals surface area contributed by atoms with Gasteiger partial charge >= 0.3 is 0 Å². The smallest absolute Gasteiger partial charge is 0.137 e. The number of ether oxygens (including phenoxy) is 1. The first kappa shape index (κ1) is 13.2. The second kappa shape index (κ2) is 6.66. The van der Waals surface area contributed by atoms with E-state index in [4.69, 9.17) is 10.5 Å². The second-order valence-electron chi connectivity index (χ2n) is 3.56. The first-order chi connectivity index (χ1) is 7.67. The van der Waals surface area contributed by atoms with Crippen LogP contribution in [0.4, 0.5) is 0 Å². The Morgan fingerprint density at radius 1 is 1.50 bits per heavy atom. The monoisotopic (exact) mass is 285 g/mol. The molecule has 0 spiro atoms. The number of halogens is 1. The fourth-order valence-corrected chi connectivity index (χ4v) is 1.89. The van der Waals surface area contributed by atoms with Gasteiger partial charge in [-0.1, -0.05) is 15.9 Å². The molecule has 1 rings (SSSR count). The van der Waals surface area contributed by atoms with E-state index in [1.54, 1.807) is 7.11 Å². The Morgan fingerprint density at radius 2 is 2.25 bits per heavy atom. The quantitative estimate of drug-likeness (QED) is 0.873. The molecule has 16 heavy (non-hydrogen) atoms. The van der Waals surface area contributed by atoms with Crippen molar-refractivity contribution in [1.29, 1.82) is 0 Å². The van der Waals surface area contributed by atoms with Gasteiger partial charge in [-0.25, -0.2) is 0 Å². The van der Waals surface area contributed by atoms with Crippen LogP contribution in [0.2, 0.25) is 0 Å². The molecule has 0 amide bonds. The molecule has 0 aliphatic rings. The van der Waals surface area contributed by atoms with Crippen molar-refractivity contribution in [3.63, 3.8) is 0 Å². The lowest BCUT2D eigenvalue weighted by molar-refractivity contribution is -0.118. The summed E-state index contributed by atoms with van der Waals surface area (Å²) in [6.07, 6.45) is 1.68. The predicted octanol–water partition coefficient (Wildman–Crippen LogP) is 2.31. The molecule has 0 saturated heterocycles. The second-order valence-corrected chi connectivity index (χ2v) is 4.48. The van der Waals surface area contributed by atoms with Crippen LogP contribution in [0.15, 0.2) is 22.7 Å². The third-order valence-electron chi connectivity index (χ3n) is 2.29. The van der Waals surface area contributed by atoms with E-state index in [1.807, 2.05) is 18.2 Å². The normalized spacial score (nSPS) is 10.2. The van der Waals surface area contributed by atoms with Crippen molar-refractivity contribution in [3.05, 3.63) is 28.2 Å². The summed E-state index contributed by atoms with van der Waals surface area (Å²) in [6, 6.07) is 5.67. The maximum absolute atomic E-state index is 11.6. The lowest BCUT2D eigenvalue weighted by atomic mass is 10.0. The number of carbonyl (C=O) groups is 1. The molecule has 0 aliphatic carbocycles. The highest BCUT2D eigenvalue weighted by molar-refractivity contribution is 9.10.